The topological polar surface area (TPSA) is 70.7 Å². The zero-order valence-corrected chi connectivity index (χ0v) is 15.0. The Kier molecular flexibility index (Phi) is 5.41. The number of hydrogen-bond donors (Lipinski definition) is 2. The van der Waals surface area contributed by atoms with Gasteiger partial charge in [0.15, 0.2) is 0 Å². The quantitative estimate of drug-likeness (QED) is 0.839. The van der Waals surface area contributed by atoms with E-state index >= 15 is 0 Å². The van der Waals surface area contributed by atoms with Gasteiger partial charge in [-0.3, -0.25) is 4.79 Å². The first-order valence-corrected chi connectivity index (χ1v) is 8.71. The fraction of sp³-hybridized carbons (Fsp3) is 0.300. The van der Waals surface area contributed by atoms with Gasteiger partial charge in [0.1, 0.15) is 5.75 Å². The highest BCUT2D eigenvalue weighted by Gasteiger charge is 2.25. The molecule has 0 aromatic heterocycles. The summed E-state index contributed by atoms with van der Waals surface area (Å²) in [6, 6.07) is 13.1. The molecule has 2 N–H and O–H groups in total. The molecule has 6 heteroatoms. The van der Waals surface area contributed by atoms with Crippen LogP contribution in [0.5, 0.6) is 5.75 Å². The molecule has 1 aliphatic heterocycles. The van der Waals surface area contributed by atoms with E-state index in [1.807, 2.05) is 49.4 Å². The molecule has 0 unspecified atom stereocenters. The fourth-order valence-corrected chi connectivity index (χ4v) is 3.10. The standard InChI is InChI=1S/C20H23N3O3/c1-3-23-18-9-6-16(12-15(18)13-19(23)24)22-20(25)21-11-10-14-4-7-17(26-2)8-5-14/h4-9,12H,3,10-11,13H2,1-2H3,(H2,21,22,25). The van der Waals surface area contributed by atoms with E-state index < -0.39 is 0 Å². The van der Waals surface area contributed by atoms with Crippen molar-refractivity contribution < 1.29 is 14.3 Å². The van der Waals surface area contributed by atoms with Crippen molar-refractivity contribution in [2.45, 2.75) is 19.8 Å². The van der Waals surface area contributed by atoms with Crippen LogP contribution in [0.3, 0.4) is 0 Å². The molecule has 0 atom stereocenters. The van der Waals surface area contributed by atoms with Crippen LogP contribution >= 0.6 is 0 Å². The molecule has 0 saturated heterocycles. The Morgan fingerprint density at radius 3 is 2.65 bits per heavy atom. The van der Waals surface area contributed by atoms with Gasteiger partial charge in [-0.25, -0.2) is 4.79 Å². The van der Waals surface area contributed by atoms with E-state index in [4.69, 9.17) is 4.74 Å². The summed E-state index contributed by atoms with van der Waals surface area (Å²) in [5.74, 6) is 0.916. The monoisotopic (exact) mass is 353 g/mol. The van der Waals surface area contributed by atoms with Gasteiger partial charge in [0.2, 0.25) is 5.91 Å². The minimum Gasteiger partial charge on any atom is -0.497 e. The van der Waals surface area contributed by atoms with Gasteiger partial charge in [0, 0.05) is 24.5 Å². The number of carbonyl (C=O) groups excluding carboxylic acids is 2. The summed E-state index contributed by atoms with van der Waals surface area (Å²) in [7, 11) is 1.63. The Morgan fingerprint density at radius 1 is 1.19 bits per heavy atom. The first kappa shape index (κ1) is 17.8. The summed E-state index contributed by atoms with van der Waals surface area (Å²) in [5, 5.41) is 5.67. The van der Waals surface area contributed by atoms with Crippen LogP contribution in [-0.2, 0) is 17.6 Å². The number of rotatable bonds is 6. The number of carbonyl (C=O) groups is 2. The van der Waals surface area contributed by atoms with Gasteiger partial charge in [0.25, 0.3) is 0 Å². The second-order valence-corrected chi connectivity index (χ2v) is 6.14. The van der Waals surface area contributed by atoms with Crippen molar-refractivity contribution in [1.29, 1.82) is 0 Å². The Morgan fingerprint density at radius 2 is 1.96 bits per heavy atom. The molecule has 2 aromatic carbocycles. The molecule has 6 nitrogen and oxygen atoms in total. The summed E-state index contributed by atoms with van der Waals surface area (Å²) in [6.45, 7) is 3.14. The molecule has 0 bridgehead atoms. The molecule has 2 aromatic rings. The average Bonchev–Trinajstić information content (AvgIpc) is 2.96. The molecule has 0 saturated carbocycles. The largest absolute Gasteiger partial charge is 0.497 e. The first-order chi connectivity index (χ1) is 12.6. The third kappa shape index (κ3) is 3.96. The van der Waals surface area contributed by atoms with E-state index in [-0.39, 0.29) is 11.9 Å². The number of urea groups is 1. The highest BCUT2D eigenvalue weighted by Crippen LogP contribution is 2.30. The molecule has 0 aliphatic carbocycles. The predicted octanol–water partition coefficient (Wildman–Crippen LogP) is 2.97. The van der Waals surface area contributed by atoms with Gasteiger partial charge in [-0.1, -0.05) is 12.1 Å². The number of methoxy groups -OCH3 is 1. The Balaban J connectivity index is 1.51. The molecule has 26 heavy (non-hydrogen) atoms. The molecule has 1 aliphatic rings. The number of likely N-dealkylation sites (N-methyl/N-ethyl adjacent to an activating group) is 1. The zero-order chi connectivity index (χ0) is 18.5. The number of amides is 3. The molecule has 0 fully saturated rings. The lowest BCUT2D eigenvalue weighted by molar-refractivity contribution is -0.117. The van der Waals surface area contributed by atoms with Crippen LogP contribution in [0.1, 0.15) is 18.1 Å². The van der Waals surface area contributed by atoms with E-state index in [1.54, 1.807) is 12.0 Å². The smallest absolute Gasteiger partial charge is 0.319 e. The van der Waals surface area contributed by atoms with E-state index in [9.17, 15) is 9.59 Å². The minimum atomic E-state index is -0.255. The van der Waals surface area contributed by atoms with Crippen LogP contribution in [0, 0.1) is 0 Å². The first-order valence-electron chi connectivity index (χ1n) is 8.71. The molecular weight excluding hydrogens is 330 g/mol. The number of nitrogens with one attached hydrogen (secondary N) is 2. The molecule has 0 radical (unpaired) electrons. The molecule has 1 heterocycles. The van der Waals surface area contributed by atoms with Gasteiger partial charge in [-0.15, -0.1) is 0 Å². The van der Waals surface area contributed by atoms with Crippen molar-refractivity contribution in [2.24, 2.45) is 0 Å². The van der Waals surface area contributed by atoms with E-state index in [0.29, 0.717) is 25.2 Å². The molecule has 0 spiro atoms. The number of anilines is 2. The maximum absolute atomic E-state index is 12.1. The van der Waals surface area contributed by atoms with Crippen LogP contribution in [-0.4, -0.2) is 32.1 Å². The second-order valence-electron chi connectivity index (χ2n) is 6.14. The maximum atomic E-state index is 12.1. The Labute approximate surface area is 153 Å². The predicted molar refractivity (Wildman–Crippen MR) is 102 cm³/mol. The highest BCUT2D eigenvalue weighted by molar-refractivity contribution is 6.02. The number of fused-ring (bicyclic) bond motifs is 1. The molecular formula is C20H23N3O3. The van der Waals surface area contributed by atoms with Crippen molar-refractivity contribution in [3.63, 3.8) is 0 Å². The lowest BCUT2D eigenvalue weighted by Gasteiger charge is -2.15. The fourth-order valence-electron chi connectivity index (χ4n) is 3.10. The normalized spacial score (nSPS) is 12.7. The molecule has 136 valence electrons. The summed E-state index contributed by atoms with van der Waals surface area (Å²) in [6.07, 6.45) is 1.12. The van der Waals surface area contributed by atoms with E-state index in [1.165, 1.54) is 0 Å². The summed E-state index contributed by atoms with van der Waals surface area (Å²) < 4.78 is 5.13. The van der Waals surface area contributed by atoms with E-state index in [0.717, 1.165) is 29.0 Å². The highest BCUT2D eigenvalue weighted by atomic mass is 16.5. The third-order valence-corrected chi connectivity index (χ3v) is 4.45. The van der Waals surface area contributed by atoms with Crippen LogP contribution in [0.25, 0.3) is 0 Å². The van der Waals surface area contributed by atoms with Crippen molar-refractivity contribution in [2.75, 3.05) is 30.4 Å². The van der Waals surface area contributed by atoms with Crippen molar-refractivity contribution in [1.82, 2.24) is 5.32 Å². The van der Waals surface area contributed by atoms with E-state index in [2.05, 4.69) is 10.6 Å². The van der Waals surface area contributed by atoms with Gasteiger partial charge in [-0.05, 0) is 54.8 Å². The van der Waals surface area contributed by atoms with Crippen LogP contribution in [0.4, 0.5) is 16.2 Å². The van der Waals surface area contributed by atoms with Crippen molar-refractivity contribution in [3.05, 3.63) is 53.6 Å². The Bertz CT molecular complexity index is 802. The maximum Gasteiger partial charge on any atom is 0.319 e. The van der Waals surface area contributed by atoms with Crippen LogP contribution in [0.15, 0.2) is 42.5 Å². The lowest BCUT2D eigenvalue weighted by Crippen LogP contribution is -2.30. The number of nitrogens with zero attached hydrogens (tertiary/aromatic N) is 1. The van der Waals surface area contributed by atoms with Crippen molar-refractivity contribution >= 4 is 23.3 Å². The van der Waals surface area contributed by atoms with Gasteiger partial charge in [0.05, 0.1) is 13.5 Å². The zero-order valence-electron chi connectivity index (χ0n) is 15.0. The SMILES string of the molecule is CCN1C(=O)Cc2cc(NC(=O)NCCc3ccc(OC)cc3)ccc21. The van der Waals surface area contributed by atoms with Crippen molar-refractivity contribution in [3.8, 4) is 5.75 Å². The Hall–Kier alpha value is -3.02. The van der Waals surface area contributed by atoms with Gasteiger partial charge in [-0.2, -0.15) is 0 Å². The average molecular weight is 353 g/mol. The van der Waals surface area contributed by atoms with Gasteiger partial charge >= 0.3 is 6.03 Å². The number of benzene rings is 2. The van der Waals surface area contributed by atoms with Crippen LogP contribution < -0.4 is 20.3 Å². The van der Waals surface area contributed by atoms with Gasteiger partial charge < -0.3 is 20.3 Å². The molecule has 3 rings (SSSR count). The van der Waals surface area contributed by atoms with Crippen LogP contribution in [0.2, 0.25) is 0 Å². The summed E-state index contributed by atoms with van der Waals surface area (Å²) in [4.78, 5) is 25.8. The third-order valence-electron chi connectivity index (χ3n) is 4.45. The number of hydrogen-bond acceptors (Lipinski definition) is 3. The molecule has 3 amide bonds. The lowest BCUT2D eigenvalue weighted by atomic mass is 10.1. The minimum absolute atomic E-state index is 0.101. The summed E-state index contributed by atoms with van der Waals surface area (Å²) >= 11 is 0. The number of ether oxygens (including phenoxy) is 1. The summed E-state index contributed by atoms with van der Waals surface area (Å²) in [5.41, 5.74) is 3.70. The second kappa shape index (κ2) is 7.91.